The summed E-state index contributed by atoms with van der Waals surface area (Å²) in [4.78, 5) is 34.2. The molecule has 0 radical (unpaired) electrons. The van der Waals surface area contributed by atoms with Gasteiger partial charge in [0.25, 0.3) is 0 Å². The van der Waals surface area contributed by atoms with E-state index >= 15 is 0 Å². The van der Waals surface area contributed by atoms with Crippen molar-refractivity contribution in [2.45, 2.75) is 102 Å². The third kappa shape index (κ3) is 10.0. The van der Waals surface area contributed by atoms with Crippen LogP contribution in [0.3, 0.4) is 0 Å². The molecule has 316 valence electrons. The van der Waals surface area contributed by atoms with Crippen LogP contribution in [0.2, 0.25) is 0 Å². The largest absolute Gasteiger partial charge is 0.459 e. The van der Waals surface area contributed by atoms with Gasteiger partial charge in [-0.2, -0.15) is 0 Å². The molecule has 6 rings (SSSR count). The molecule has 12 heteroatoms. The van der Waals surface area contributed by atoms with E-state index in [2.05, 4.69) is 12.7 Å². The molecule has 3 aliphatic carbocycles. The Morgan fingerprint density at radius 2 is 1.76 bits per heavy atom. The van der Waals surface area contributed by atoms with Gasteiger partial charge >= 0.3 is 0 Å². The molecular formula is C46H62N2O10. The predicted molar refractivity (Wildman–Crippen MR) is 220 cm³/mol. The SMILES string of the molecule is C=CCO[C@@]12Oc3ccc(Oc4cccc(C=O)c4)cc3[C@H]3[C@H](CCCCO)[C@@H](CCCCO)C=C(C(=NOC(C)(C)C)C[C@@H]1N(CCOCCO)C(=O)C1CC1)[C@H]32. The Balaban J connectivity index is 1.58. The van der Waals surface area contributed by atoms with Crippen LogP contribution < -0.4 is 9.47 Å². The van der Waals surface area contributed by atoms with Gasteiger partial charge in [0.15, 0.2) is 0 Å². The molecule has 0 saturated heterocycles. The van der Waals surface area contributed by atoms with E-state index in [0.29, 0.717) is 42.1 Å². The molecule has 12 nitrogen and oxygen atoms in total. The van der Waals surface area contributed by atoms with Crippen molar-refractivity contribution >= 4 is 17.9 Å². The summed E-state index contributed by atoms with van der Waals surface area (Å²) in [5, 5.41) is 34.2. The van der Waals surface area contributed by atoms with Crippen molar-refractivity contribution < 1.29 is 48.7 Å². The summed E-state index contributed by atoms with van der Waals surface area (Å²) in [6, 6.07) is 12.2. The number of aldehydes is 1. The molecule has 2 aromatic rings. The second-order valence-electron chi connectivity index (χ2n) is 16.9. The van der Waals surface area contributed by atoms with Gasteiger partial charge in [-0.15, -0.1) is 6.58 Å². The van der Waals surface area contributed by atoms with E-state index in [4.69, 9.17) is 28.9 Å². The second-order valence-corrected chi connectivity index (χ2v) is 16.9. The molecule has 58 heavy (non-hydrogen) atoms. The van der Waals surface area contributed by atoms with Crippen molar-refractivity contribution in [3.8, 4) is 17.2 Å². The van der Waals surface area contributed by atoms with E-state index < -0.39 is 23.3 Å². The van der Waals surface area contributed by atoms with Gasteiger partial charge in [-0.1, -0.05) is 42.3 Å². The number of fused-ring (bicyclic) bond motifs is 2. The van der Waals surface area contributed by atoms with Crippen LogP contribution in [0.5, 0.6) is 17.2 Å². The summed E-state index contributed by atoms with van der Waals surface area (Å²) >= 11 is 0. The number of hydrogen-bond donors (Lipinski definition) is 3. The van der Waals surface area contributed by atoms with E-state index in [-0.39, 0.29) is 75.8 Å². The zero-order chi connectivity index (χ0) is 41.3. The maximum Gasteiger partial charge on any atom is 0.239 e. The van der Waals surface area contributed by atoms with Crippen LogP contribution in [0.15, 0.2) is 71.9 Å². The molecule has 6 atom stereocenters. The number of allylic oxidation sites excluding steroid dienone is 1. The number of oxime groups is 1. The van der Waals surface area contributed by atoms with E-state index in [1.54, 1.807) is 24.3 Å². The molecule has 2 fully saturated rings. The number of carbonyl (C=O) groups excluding carboxylic acids is 2. The molecule has 1 amide bonds. The summed E-state index contributed by atoms with van der Waals surface area (Å²) in [6.07, 6.45) is 11.3. The first-order valence-electron chi connectivity index (χ1n) is 21.1. The van der Waals surface area contributed by atoms with Crippen LogP contribution in [0.1, 0.15) is 100 Å². The Hall–Kier alpha value is -4.07. The number of carbonyl (C=O) groups is 2. The Morgan fingerprint density at radius 3 is 2.45 bits per heavy atom. The first-order valence-corrected chi connectivity index (χ1v) is 21.1. The van der Waals surface area contributed by atoms with Crippen LogP contribution >= 0.6 is 0 Å². The lowest BCUT2D eigenvalue weighted by atomic mass is 9.55. The fourth-order valence-corrected chi connectivity index (χ4v) is 9.01. The molecule has 2 saturated carbocycles. The van der Waals surface area contributed by atoms with Crippen LogP contribution in [0.4, 0.5) is 0 Å². The minimum atomic E-state index is -1.38. The van der Waals surface area contributed by atoms with Gasteiger partial charge in [-0.3, -0.25) is 9.59 Å². The Bertz CT molecular complexity index is 1780. The molecule has 0 spiro atoms. The number of aliphatic hydroxyl groups is 3. The van der Waals surface area contributed by atoms with Gasteiger partial charge in [0, 0.05) is 49.1 Å². The molecule has 4 aliphatic rings. The summed E-state index contributed by atoms with van der Waals surface area (Å²) in [6.45, 7) is 10.7. The van der Waals surface area contributed by atoms with Gasteiger partial charge in [-0.25, -0.2) is 0 Å². The van der Waals surface area contributed by atoms with E-state index in [1.807, 2.05) is 49.9 Å². The lowest BCUT2D eigenvalue weighted by Crippen LogP contribution is -2.70. The number of aliphatic hydroxyl groups excluding tert-OH is 3. The van der Waals surface area contributed by atoms with Crippen LogP contribution in [-0.4, -0.2) is 102 Å². The number of hydrogen-bond acceptors (Lipinski definition) is 11. The van der Waals surface area contributed by atoms with Crippen molar-refractivity contribution in [3.05, 3.63) is 77.9 Å². The van der Waals surface area contributed by atoms with Crippen molar-refractivity contribution in [2.24, 2.45) is 28.8 Å². The van der Waals surface area contributed by atoms with E-state index in [0.717, 1.165) is 61.7 Å². The smallest absolute Gasteiger partial charge is 0.239 e. The molecule has 0 unspecified atom stereocenters. The molecular weight excluding hydrogens is 741 g/mol. The standard InChI is InChI=1S/C46H62N2O10/c1-5-23-55-46-41(48(19-24-54-25-22-51)44(53)32-15-16-32)29-39(47-58-45(2,3)4)37-27-33(12-6-8-20-49)36(14-7-9-21-50)42(43(37)46)38-28-35(17-18-40(38)57-46)56-34-13-10-11-31(26-34)30-52/h5,10-11,13,17-18,26-28,30,32-33,36,41-43,49-51H,1,6-9,12,14-16,19-25,29H2,2-4H3/t33-,36+,41-,42+,43+,46+/m0/s1. The number of ether oxygens (including phenoxy) is 4. The molecule has 1 aliphatic heterocycles. The molecule has 0 aromatic heterocycles. The zero-order valence-corrected chi connectivity index (χ0v) is 34.4. The fourth-order valence-electron chi connectivity index (χ4n) is 9.01. The lowest BCUT2D eigenvalue weighted by molar-refractivity contribution is -0.258. The first-order chi connectivity index (χ1) is 28.1. The van der Waals surface area contributed by atoms with Crippen molar-refractivity contribution in [1.29, 1.82) is 0 Å². The van der Waals surface area contributed by atoms with Crippen LogP contribution in [0.25, 0.3) is 0 Å². The van der Waals surface area contributed by atoms with Crippen LogP contribution in [0, 0.1) is 23.7 Å². The molecule has 3 N–H and O–H groups in total. The van der Waals surface area contributed by atoms with Gasteiger partial charge in [0.1, 0.15) is 35.2 Å². The summed E-state index contributed by atoms with van der Waals surface area (Å²) in [5.74, 6) is -0.326. The highest BCUT2D eigenvalue weighted by Crippen LogP contribution is 2.62. The summed E-state index contributed by atoms with van der Waals surface area (Å²) < 4.78 is 26.6. The highest BCUT2D eigenvalue weighted by molar-refractivity contribution is 6.03. The third-order valence-corrected chi connectivity index (χ3v) is 11.6. The van der Waals surface area contributed by atoms with Crippen molar-refractivity contribution in [1.82, 2.24) is 4.90 Å². The molecule has 0 bridgehead atoms. The Morgan fingerprint density at radius 1 is 1.00 bits per heavy atom. The predicted octanol–water partition coefficient (Wildman–Crippen LogP) is 6.97. The lowest BCUT2D eigenvalue weighted by Gasteiger charge is -2.60. The average molecular weight is 803 g/mol. The van der Waals surface area contributed by atoms with Gasteiger partial charge in [-0.05, 0) is 107 Å². The molecule has 2 aromatic carbocycles. The normalized spacial score (nSPS) is 25.5. The van der Waals surface area contributed by atoms with Gasteiger partial charge < -0.3 is 44.0 Å². The summed E-state index contributed by atoms with van der Waals surface area (Å²) in [7, 11) is 0. The highest BCUT2D eigenvalue weighted by Gasteiger charge is 2.66. The zero-order valence-electron chi connectivity index (χ0n) is 34.4. The minimum absolute atomic E-state index is 0.00660. The molecule has 1 heterocycles. The number of benzene rings is 2. The first kappa shape index (κ1) is 43.5. The highest BCUT2D eigenvalue weighted by atomic mass is 16.7. The number of rotatable bonds is 22. The van der Waals surface area contributed by atoms with Crippen LogP contribution in [-0.2, 0) is 19.1 Å². The monoisotopic (exact) mass is 802 g/mol. The number of unbranched alkanes of at least 4 members (excludes halogenated alkanes) is 2. The average Bonchev–Trinajstić information content (AvgIpc) is 4.07. The van der Waals surface area contributed by atoms with E-state index in [1.165, 1.54) is 0 Å². The minimum Gasteiger partial charge on any atom is -0.459 e. The second kappa shape index (κ2) is 19.8. The van der Waals surface area contributed by atoms with Gasteiger partial charge in [0.05, 0.1) is 38.1 Å². The summed E-state index contributed by atoms with van der Waals surface area (Å²) in [5.41, 5.74) is 2.52. The van der Waals surface area contributed by atoms with Gasteiger partial charge in [0.2, 0.25) is 11.7 Å². The topological polar surface area (TPSA) is 157 Å². The quantitative estimate of drug-likeness (QED) is 0.0492. The Kier molecular flexibility index (Phi) is 14.8. The van der Waals surface area contributed by atoms with Crippen molar-refractivity contribution in [3.63, 3.8) is 0 Å². The van der Waals surface area contributed by atoms with E-state index in [9.17, 15) is 24.9 Å². The maximum atomic E-state index is 14.5. The Labute approximate surface area is 342 Å². The number of amides is 1. The maximum absolute atomic E-state index is 14.5. The number of nitrogens with zero attached hydrogens (tertiary/aromatic N) is 2. The van der Waals surface area contributed by atoms with Crippen molar-refractivity contribution in [2.75, 3.05) is 46.2 Å². The fraction of sp³-hybridized carbons (Fsp3) is 0.587. The third-order valence-electron chi connectivity index (χ3n) is 11.6.